The summed E-state index contributed by atoms with van der Waals surface area (Å²) in [6.45, 7) is 8.30. The van der Waals surface area contributed by atoms with Crippen LogP contribution >= 0.6 is 0 Å². The van der Waals surface area contributed by atoms with Gasteiger partial charge in [-0.3, -0.25) is 0 Å². The summed E-state index contributed by atoms with van der Waals surface area (Å²) in [5, 5.41) is 13.6. The van der Waals surface area contributed by atoms with Gasteiger partial charge in [-0.25, -0.2) is 0 Å². The Kier molecular flexibility index (Phi) is 3.28. The van der Waals surface area contributed by atoms with Crippen LogP contribution in [0.2, 0.25) is 0 Å². The standard InChI is InChI=1S/C15H23NO/c1-14(2,3)13-6-4-5-12(9-13)10-15(17)7-8-16-11-15/h4-6,9,16-17H,7-8,10-11H2,1-3H3. The second-order valence-electron chi connectivity index (χ2n) is 6.28. The average Bonchev–Trinajstić information content (AvgIpc) is 2.64. The van der Waals surface area contributed by atoms with Crippen molar-refractivity contribution in [2.24, 2.45) is 0 Å². The van der Waals surface area contributed by atoms with E-state index in [1.807, 2.05) is 0 Å². The van der Waals surface area contributed by atoms with Crippen LogP contribution in [-0.4, -0.2) is 23.8 Å². The van der Waals surface area contributed by atoms with E-state index in [2.05, 4.69) is 50.4 Å². The first kappa shape index (κ1) is 12.6. The molecule has 0 bridgehead atoms. The molecule has 0 aliphatic carbocycles. The van der Waals surface area contributed by atoms with E-state index in [1.165, 1.54) is 11.1 Å². The summed E-state index contributed by atoms with van der Waals surface area (Å²) in [7, 11) is 0. The van der Waals surface area contributed by atoms with Gasteiger partial charge < -0.3 is 10.4 Å². The molecule has 1 saturated heterocycles. The minimum absolute atomic E-state index is 0.173. The second-order valence-corrected chi connectivity index (χ2v) is 6.28. The van der Waals surface area contributed by atoms with Crippen LogP contribution in [0.1, 0.15) is 38.3 Å². The van der Waals surface area contributed by atoms with Gasteiger partial charge in [0.15, 0.2) is 0 Å². The number of nitrogens with one attached hydrogen (secondary N) is 1. The van der Waals surface area contributed by atoms with Crippen molar-refractivity contribution in [1.29, 1.82) is 0 Å². The molecule has 1 fully saturated rings. The van der Waals surface area contributed by atoms with Crippen LogP contribution in [0.5, 0.6) is 0 Å². The maximum absolute atomic E-state index is 10.4. The molecule has 17 heavy (non-hydrogen) atoms. The quantitative estimate of drug-likeness (QED) is 0.821. The lowest BCUT2D eigenvalue weighted by Crippen LogP contribution is -2.33. The van der Waals surface area contributed by atoms with Gasteiger partial charge in [-0.1, -0.05) is 45.0 Å². The Hall–Kier alpha value is -0.860. The molecule has 0 saturated carbocycles. The van der Waals surface area contributed by atoms with Crippen molar-refractivity contribution in [3.63, 3.8) is 0 Å². The normalized spacial score (nSPS) is 25.2. The third-order valence-electron chi connectivity index (χ3n) is 3.55. The third-order valence-corrected chi connectivity index (χ3v) is 3.55. The summed E-state index contributed by atoms with van der Waals surface area (Å²) in [5.41, 5.74) is 2.21. The summed E-state index contributed by atoms with van der Waals surface area (Å²) in [4.78, 5) is 0. The predicted octanol–water partition coefficient (Wildman–Crippen LogP) is 2.25. The maximum atomic E-state index is 10.4. The molecule has 1 unspecified atom stereocenters. The molecule has 0 aromatic heterocycles. The van der Waals surface area contributed by atoms with Gasteiger partial charge in [0.1, 0.15) is 0 Å². The van der Waals surface area contributed by atoms with Crippen LogP contribution in [0, 0.1) is 0 Å². The Morgan fingerprint density at radius 2 is 2.12 bits per heavy atom. The van der Waals surface area contributed by atoms with E-state index in [9.17, 15) is 5.11 Å². The molecule has 2 rings (SSSR count). The number of benzene rings is 1. The Balaban J connectivity index is 2.17. The van der Waals surface area contributed by atoms with E-state index < -0.39 is 5.60 Å². The van der Waals surface area contributed by atoms with E-state index in [4.69, 9.17) is 0 Å². The fourth-order valence-corrected chi connectivity index (χ4v) is 2.41. The molecule has 1 aliphatic rings. The van der Waals surface area contributed by atoms with Gasteiger partial charge in [0, 0.05) is 13.0 Å². The molecule has 1 aromatic carbocycles. The summed E-state index contributed by atoms with van der Waals surface area (Å²) in [6.07, 6.45) is 1.61. The van der Waals surface area contributed by atoms with Crippen molar-refractivity contribution in [2.75, 3.05) is 13.1 Å². The highest BCUT2D eigenvalue weighted by Gasteiger charge is 2.31. The Labute approximate surface area is 104 Å². The van der Waals surface area contributed by atoms with Crippen LogP contribution in [0.15, 0.2) is 24.3 Å². The van der Waals surface area contributed by atoms with Crippen LogP contribution in [-0.2, 0) is 11.8 Å². The van der Waals surface area contributed by atoms with Gasteiger partial charge in [0.05, 0.1) is 5.60 Å². The first-order valence-corrected chi connectivity index (χ1v) is 6.42. The zero-order valence-electron chi connectivity index (χ0n) is 11.1. The monoisotopic (exact) mass is 233 g/mol. The minimum atomic E-state index is -0.545. The van der Waals surface area contributed by atoms with Gasteiger partial charge >= 0.3 is 0 Å². The van der Waals surface area contributed by atoms with Crippen molar-refractivity contribution in [3.8, 4) is 0 Å². The molecule has 2 N–H and O–H groups in total. The first-order valence-electron chi connectivity index (χ1n) is 6.42. The van der Waals surface area contributed by atoms with E-state index in [-0.39, 0.29) is 5.41 Å². The average molecular weight is 233 g/mol. The number of hydrogen-bond donors (Lipinski definition) is 2. The molecule has 1 aliphatic heterocycles. The first-order chi connectivity index (χ1) is 7.89. The topological polar surface area (TPSA) is 32.3 Å². The van der Waals surface area contributed by atoms with Crippen molar-refractivity contribution >= 4 is 0 Å². The Morgan fingerprint density at radius 3 is 2.71 bits per heavy atom. The second kappa shape index (κ2) is 4.43. The lowest BCUT2D eigenvalue weighted by atomic mass is 9.84. The highest BCUT2D eigenvalue weighted by Crippen LogP contribution is 2.26. The molecule has 1 atom stereocenters. The Morgan fingerprint density at radius 1 is 1.35 bits per heavy atom. The summed E-state index contributed by atoms with van der Waals surface area (Å²) < 4.78 is 0. The van der Waals surface area contributed by atoms with Crippen molar-refractivity contribution in [3.05, 3.63) is 35.4 Å². The largest absolute Gasteiger partial charge is 0.388 e. The van der Waals surface area contributed by atoms with Crippen molar-refractivity contribution < 1.29 is 5.11 Å². The predicted molar refractivity (Wildman–Crippen MR) is 71.3 cm³/mol. The smallest absolute Gasteiger partial charge is 0.0823 e. The molecule has 1 heterocycles. The van der Waals surface area contributed by atoms with Gasteiger partial charge in [-0.2, -0.15) is 0 Å². The molecule has 2 nitrogen and oxygen atoms in total. The molecule has 0 spiro atoms. The van der Waals surface area contributed by atoms with Crippen LogP contribution in [0.25, 0.3) is 0 Å². The number of β-amino-alcohol motifs (C(OH)–C–C–N with tert-alkyl or cyclic N) is 1. The molecular weight excluding hydrogens is 210 g/mol. The highest BCUT2D eigenvalue weighted by atomic mass is 16.3. The van der Waals surface area contributed by atoms with Gasteiger partial charge in [-0.05, 0) is 29.5 Å². The molecule has 0 amide bonds. The molecule has 2 heteroatoms. The van der Waals surface area contributed by atoms with Crippen LogP contribution in [0.4, 0.5) is 0 Å². The molecular formula is C15H23NO. The molecule has 0 radical (unpaired) electrons. The zero-order valence-corrected chi connectivity index (χ0v) is 11.1. The lowest BCUT2D eigenvalue weighted by molar-refractivity contribution is 0.0618. The van der Waals surface area contributed by atoms with E-state index in [0.29, 0.717) is 6.54 Å². The summed E-state index contributed by atoms with van der Waals surface area (Å²) in [6, 6.07) is 8.62. The third kappa shape index (κ3) is 3.08. The van der Waals surface area contributed by atoms with Crippen molar-refractivity contribution in [1.82, 2.24) is 5.32 Å². The van der Waals surface area contributed by atoms with Crippen LogP contribution in [0.3, 0.4) is 0 Å². The van der Waals surface area contributed by atoms with Crippen molar-refractivity contribution in [2.45, 2.75) is 44.6 Å². The van der Waals surface area contributed by atoms with E-state index >= 15 is 0 Å². The minimum Gasteiger partial charge on any atom is -0.388 e. The number of rotatable bonds is 2. The zero-order chi connectivity index (χ0) is 12.5. The SMILES string of the molecule is CC(C)(C)c1cccc(CC2(O)CCNC2)c1. The number of aliphatic hydroxyl groups is 1. The van der Waals surface area contributed by atoms with Gasteiger partial charge in [0.25, 0.3) is 0 Å². The number of hydrogen-bond acceptors (Lipinski definition) is 2. The summed E-state index contributed by atoms with van der Waals surface area (Å²) >= 11 is 0. The van der Waals surface area contributed by atoms with E-state index in [1.54, 1.807) is 0 Å². The molecule has 1 aromatic rings. The lowest BCUT2D eigenvalue weighted by Gasteiger charge is -2.24. The van der Waals surface area contributed by atoms with E-state index in [0.717, 1.165) is 19.4 Å². The Bertz CT molecular complexity index is 386. The summed E-state index contributed by atoms with van der Waals surface area (Å²) in [5.74, 6) is 0. The highest BCUT2D eigenvalue weighted by molar-refractivity contribution is 5.29. The van der Waals surface area contributed by atoms with Crippen LogP contribution < -0.4 is 5.32 Å². The van der Waals surface area contributed by atoms with Gasteiger partial charge in [-0.15, -0.1) is 0 Å². The van der Waals surface area contributed by atoms with Gasteiger partial charge in [0.2, 0.25) is 0 Å². The fourth-order valence-electron chi connectivity index (χ4n) is 2.41. The molecule has 94 valence electrons. The maximum Gasteiger partial charge on any atom is 0.0823 e. The fraction of sp³-hybridized carbons (Fsp3) is 0.600.